The summed E-state index contributed by atoms with van der Waals surface area (Å²) in [4.78, 5) is 25.2. The van der Waals surface area contributed by atoms with Gasteiger partial charge in [-0.15, -0.1) is 11.8 Å². The molecule has 0 aromatic heterocycles. The van der Waals surface area contributed by atoms with Crippen molar-refractivity contribution in [1.29, 1.82) is 0 Å². The van der Waals surface area contributed by atoms with E-state index in [9.17, 15) is 9.59 Å². The molecule has 0 saturated heterocycles. The van der Waals surface area contributed by atoms with Crippen LogP contribution in [0.25, 0.3) is 0 Å². The monoisotopic (exact) mass is 555 g/mol. The van der Waals surface area contributed by atoms with Crippen molar-refractivity contribution in [3.63, 3.8) is 0 Å². The van der Waals surface area contributed by atoms with Gasteiger partial charge in [0.1, 0.15) is 11.5 Å². The third-order valence-corrected chi connectivity index (χ3v) is 7.38. The van der Waals surface area contributed by atoms with Crippen molar-refractivity contribution < 1.29 is 19.1 Å². The minimum Gasteiger partial charge on any atom is -0.457 e. The number of benzene rings is 3. The standard InChI is InChI=1S/C28H30BrNO4S/c1-5-28(3,4)20-6-11-23(12-7-20)34-24-13-9-22(10-14-24)30-26(31)17-33-27(32)18-35-25-15-8-21(29)16-19(25)2/h6-16H,5,17-18H2,1-4H3,(H,30,31). The predicted octanol–water partition coefficient (Wildman–Crippen LogP) is 7.51. The molecule has 3 aromatic carbocycles. The smallest absolute Gasteiger partial charge is 0.316 e. The van der Waals surface area contributed by atoms with Crippen molar-refractivity contribution in [3.05, 3.63) is 82.3 Å². The van der Waals surface area contributed by atoms with Crippen LogP contribution in [-0.4, -0.2) is 24.2 Å². The molecule has 0 aliphatic carbocycles. The number of anilines is 1. The van der Waals surface area contributed by atoms with E-state index in [4.69, 9.17) is 9.47 Å². The number of hydrogen-bond acceptors (Lipinski definition) is 5. The van der Waals surface area contributed by atoms with Gasteiger partial charge in [0.2, 0.25) is 0 Å². The molecule has 0 bridgehead atoms. The van der Waals surface area contributed by atoms with Crippen molar-refractivity contribution in [3.8, 4) is 11.5 Å². The largest absolute Gasteiger partial charge is 0.457 e. The van der Waals surface area contributed by atoms with Crippen LogP contribution in [0.15, 0.2) is 76.1 Å². The number of halogens is 1. The fourth-order valence-corrected chi connectivity index (χ4v) is 4.50. The number of amides is 1. The second-order valence-electron chi connectivity index (χ2n) is 8.80. The van der Waals surface area contributed by atoms with Gasteiger partial charge >= 0.3 is 5.97 Å². The lowest BCUT2D eigenvalue weighted by Crippen LogP contribution is -2.21. The average molecular weight is 557 g/mol. The summed E-state index contributed by atoms with van der Waals surface area (Å²) in [5.74, 6) is 0.715. The molecule has 0 aliphatic rings. The Labute approximate surface area is 219 Å². The van der Waals surface area contributed by atoms with Gasteiger partial charge in [-0.25, -0.2) is 0 Å². The van der Waals surface area contributed by atoms with Gasteiger partial charge in [0, 0.05) is 15.1 Å². The predicted molar refractivity (Wildman–Crippen MR) is 145 cm³/mol. The van der Waals surface area contributed by atoms with E-state index in [-0.39, 0.29) is 17.8 Å². The maximum atomic E-state index is 12.2. The Hall–Kier alpha value is -2.77. The molecule has 0 heterocycles. The Morgan fingerprint density at radius 1 is 0.971 bits per heavy atom. The molecule has 0 radical (unpaired) electrons. The second kappa shape index (κ2) is 12.3. The molecule has 7 heteroatoms. The normalized spacial score (nSPS) is 11.1. The SMILES string of the molecule is CCC(C)(C)c1ccc(Oc2ccc(NC(=O)COC(=O)CSc3ccc(Br)cc3C)cc2)cc1. The minimum absolute atomic E-state index is 0.129. The summed E-state index contributed by atoms with van der Waals surface area (Å²) in [6.45, 7) is 8.27. The van der Waals surface area contributed by atoms with E-state index in [1.165, 1.54) is 17.3 Å². The lowest BCUT2D eigenvalue weighted by Gasteiger charge is -2.23. The molecular formula is C28H30BrNO4S. The van der Waals surface area contributed by atoms with Crippen LogP contribution in [0.1, 0.15) is 38.3 Å². The molecule has 5 nitrogen and oxygen atoms in total. The summed E-state index contributed by atoms with van der Waals surface area (Å²) in [6, 6.07) is 21.0. The number of rotatable bonds is 10. The lowest BCUT2D eigenvalue weighted by molar-refractivity contribution is -0.144. The van der Waals surface area contributed by atoms with E-state index < -0.39 is 11.9 Å². The fourth-order valence-electron chi connectivity index (χ4n) is 3.22. The zero-order chi connectivity index (χ0) is 25.4. The van der Waals surface area contributed by atoms with Gasteiger partial charge in [0.05, 0.1) is 5.75 Å². The van der Waals surface area contributed by atoms with Crippen LogP contribution in [0.3, 0.4) is 0 Å². The molecule has 3 rings (SSSR count). The molecule has 1 amide bonds. The molecule has 1 N–H and O–H groups in total. The maximum absolute atomic E-state index is 12.2. The molecule has 0 aliphatic heterocycles. The molecule has 3 aromatic rings. The number of carbonyl (C=O) groups excluding carboxylic acids is 2. The highest BCUT2D eigenvalue weighted by Crippen LogP contribution is 2.30. The molecule has 0 atom stereocenters. The Morgan fingerprint density at radius 3 is 2.20 bits per heavy atom. The van der Waals surface area contributed by atoms with Gasteiger partial charge in [-0.1, -0.05) is 48.8 Å². The van der Waals surface area contributed by atoms with Crippen LogP contribution in [0.2, 0.25) is 0 Å². The highest BCUT2D eigenvalue weighted by atomic mass is 79.9. The van der Waals surface area contributed by atoms with Crippen molar-refractivity contribution in [2.24, 2.45) is 0 Å². The van der Waals surface area contributed by atoms with Crippen molar-refractivity contribution in [2.45, 2.75) is 44.4 Å². The molecule has 0 saturated carbocycles. The first-order chi connectivity index (χ1) is 16.7. The summed E-state index contributed by atoms with van der Waals surface area (Å²) >= 11 is 4.80. The number of ether oxygens (including phenoxy) is 2. The first kappa shape index (κ1) is 26.8. The Morgan fingerprint density at radius 2 is 1.60 bits per heavy atom. The van der Waals surface area contributed by atoms with E-state index in [2.05, 4.69) is 54.2 Å². The third kappa shape index (κ3) is 8.15. The number of aryl methyl sites for hydroxylation is 1. The molecular weight excluding hydrogens is 526 g/mol. The van der Waals surface area contributed by atoms with Crippen LogP contribution in [0.4, 0.5) is 5.69 Å². The van der Waals surface area contributed by atoms with E-state index in [1.807, 2.05) is 37.3 Å². The molecule has 0 unspecified atom stereocenters. The fraction of sp³-hybridized carbons (Fsp3) is 0.286. The maximum Gasteiger partial charge on any atom is 0.316 e. The number of esters is 1. The molecule has 0 fully saturated rings. The van der Waals surface area contributed by atoms with Crippen LogP contribution >= 0.6 is 27.7 Å². The molecule has 0 spiro atoms. The summed E-state index contributed by atoms with van der Waals surface area (Å²) in [6.07, 6.45) is 1.06. The topological polar surface area (TPSA) is 64.6 Å². The minimum atomic E-state index is -0.440. The number of hydrogen-bond donors (Lipinski definition) is 1. The highest BCUT2D eigenvalue weighted by Gasteiger charge is 2.17. The zero-order valence-corrected chi connectivity index (χ0v) is 22.8. The van der Waals surface area contributed by atoms with Crippen molar-refractivity contribution >= 4 is 45.3 Å². The summed E-state index contributed by atoms with van der Waals surface area (Å²) < 4.78 is 12.0. The first-order valence-corrected chi connectivity index (χ1v) is 13.2. The Kier molecular flexibility index (Phi) is 9.40. The van der Waals surface area contributed by atoms with Crippen molar-refractivity contribution in [1.82, 2.24) is 0 Å². The molecule has 184 valence electrons. The van der Waals surface area contributed by atoms with Gasteiger partial charge in [0.25, 0.3) is 5.91 Å². The third-order valence-electron chi connectivity index (χ3n) is 5.74. The summed E-state index contributed by atoms with van der Waals surface area (Å²) in [7, 11) is 0. The first-order valence-electron chi connectivity index (χ1n) is 11.4. The summed E-state index contributed by atoms with van der Waals surface area (Å²) in [5, 5.41) is 2.72. The van der Waals surface area contributed by atoms with Gasteiger partial charge in [-0.05, 0) is 84.5 Å². The van der Waals surface area contributed by atoms with Crippen LogP contribution in [0.5, 0.6) is 11.5 Å². The number of carbonyl (C=O) groups is 2. The van der Waals surface area contributed by atoms with Gasteiger partial charge in [0.15, 0.2) is 6.61 Å². The van der Waals surface area contributed by atoms with Crippen molar-refractivity contribution in [2.75, 3.05) is 17.7 Å². The van der Waals surface area contributed by atoms with Gasteiger partial charge in [-0.2, -0.15) is 0 Å². The van der Waals surface area contributed by atoms with E-state index >= 15 is 0 Å². The average Bonchev–Trinajstić information content (AvgIpc) is 2.84. The zero-order valence-electron chi connectivity index (χ0n) is 20.4. The van der Waals surface area contributed by atoms with Crippen LogP contribution in [-0.2, 0) is 19.7 Å². The highest BCUT2D eigenvalue weighted by molar-refractivity contribution is 9.10. The van der Waals surface area contributed by atoms with Gasteiger partial charge in [-0.3, -0.25) is 9.59 Å². The van der Waals surface area contributed by atoms with Crippen LogP contribution in [0, 0.1) is 6.92 Å². The lowest BCUT2D eigenvalue weighted by atomic mass is 9.82. The Bertz CT molecular complexity index is 1160. The van der Waals surface area contributed by atoms with E-state index in [0.717, 1.165) is 27.1 Å². The number of thioether (sulfide) groups is 1. The van der Waals surface area contributed by atoms with Gasteiger partial charge < -0.3 is 14.8 Å². The second-order valence-corrected chi connectivity index (χ2v) is 10.7. The number of nitrogens with one attached hydrogen (secondary N) is 1. The summed E-state index contributed by atoms with van der Waals surface area (Å²) in [5.41, 5.74) is 3.07. The van der Waals surface area contributed by atoms with Crippen LogP contribution < -0.4 is 10.1 Å². The quantitative estimate of drug-likeness (QED) is 0.207. The molecule has 35 heavy (non-hydrogen) atoms. The van der Waals surface area contributed by atoms with E-state index in [1.54, 1.807) is 24.3 Å². The Balaban J connectivity index is 1.43. The van der Waals surface area contributed by atoms with E-state index in [0.29, 0.717) is 11.4 Å².